The Morgan fingerprint density at radius 2 is 1.79 bits per heavy atom. The van der Waals surface area contributed by atoms with Gasteiger partial charge in [0.25, 0.3) is 10.0 Å². The summed E-state index contributed by atoms with van der Waals surface area (Å²) in [6.45, 7) is 9.83. The van der Waals surface area contributed by atoms with Gasteiger partial charge in [0, 0.05) is 3.57 Å². The molecule has 2 aromatic rings. The lowest BCUT2D eigenvalue weighted by Crippen LogP contribution is -2.33. The molecule has 2 rings (SSSR count). The Bertz CT molecular complexity index is 842. The summed E-state index contributed by atoms with van der Waals surface area (Å²) >= 11 is 2.15. The van der Waals surface area contributed by atoms with E-state index in [1.54, 1.807) is 30.3 Å². The molecule has 3 nitrogen and oxygen atoms in total. The molecule has 0 unspecified atom stereocenters. The van der Waals surface area contributed by atoms with Gasteiger partial charge in [-0.05, 0) is 60.2 Å². The number of para-hydroxylation sites is 1. The first-order valence-electron chi connectivity index (χ1n) is 7.47. The zero-order chi connectivity index (χ0) is 17.7. The third-order valence-corrected chi connectivity index (χ3v) is 6.22. The fourth-order valence-corrected chi connectivity index (χ4v) is 4.61. The van der Waals surface area contributed by atoms with E-state index in [9.17, 15) is 8.42 Å². The van der Waals surface area contributed by atoms with Crippen molar-refractivity contribution in [3.8, 4) is 0 Å². The Balaban J connectivity index is 2.52. The van der Waals surface area contributed by atoms with Crippen molar-refractivity contribution < 1.29 is 8.42 Å². The molecule has 0 spiro atoms. The van der Waals surface area contributed by atoms with Crippen molar-refractivity contribution in [2.45, 2.75) is 18.2 Å². The summed E-state index contributed by atoms with van der Waals surface area (Å²) in [5.41, 5.74) is 2.47. The molecule has 126 valence electrons. The van der Waals surface area contributed by atoms with Crippen molar-refractivity contribution in [1.82, 2.24) is 0 Å². The van der Waals surface area contributed by atoms with Crippen LogP contribution < -0.4 is 4.31 Å². The van der Waals surface area contributed by atoms with Gasteiger partial charge in [-0.1, -0.05) is 48.1 Å². The van der Waals surface area contributed by atoms with Crippen LogP contribution in [0.25, 0.3) is 0 Å². The number of allylic oxidation sites excluding steroid dienone is 1. The Labute approximate surface area is 157 Å². The van der Waals surface area contributed by atoms with E-state index in [-0.39, 0.29) is 11.4 Å². The predicted octanol–water partition coefficient (Wildman–Crippen LogP) is 4.93. The van der Waals surface area contributed by atoms with Gasteiger partial charge in [-0.25, -0.2) is 8.42 Å². The van der Waals surface area contributed by atoms with Crippen LogP contribution in [0.1, 0.15) is 12.0 Å². The van der Waals surface area contributed by atoms with Crippen molar-refractivity contribution in [2.24, 2.45) is 0 Å². The highest BCUT2D eigenvalue weighted by molar-refractivity contribution is 14.1. The number of halogens is 1. The van der Waals surface area contributed by atoms with E-state index < -0.39 is 10.0 Å². The Kier molecular flexibility index (Phi) is 6.23. The second-order valence-electron chi connectivity index (χ2n) is 5.52. The van der Waals surface area contributed by atoms with E-state index in [2.05, 4.69) is 35.7 Å². The van der Waals surface area contributed by atoms with Crippen LogP contribution in [-0.4, -0.2) is 15.0 Å². The lowest BCUT2D eigenvalue weighted by Gasteiger charge is -2.26. The standard InChI is InChI=1S/C19H20INO2S/c1-4-7-16(3)14-21(19-9-6-5-8-18(19)20)24(22,23)17-12-10-15(2)11-13-17/h4-6,8-13H,1,3,7,14H2,2H3. The van der Waals surface area contributed by atoms with E-state index in [1.807, 2.05) is 31.2 Å². The maximum absolute atomic E-state index is 13.2. The molecule has 2 aromatic carbocycles. The molecular weight excluding hydrogens is 433 g/mol. The fraction of sp³-hybridized carbons (Fsp3) is 0.158. The molecule has 0 radical (unpaired) electrons. The summed E-state index contributed by atoms with van der Waals surface area (Å²) in [5, 5.41) is 0. The van der Waals surface area contributed by atoms with Crippen LogP contribution in [0.2, 0.25) is 0 Å². The number of aryl methyl sites for hydroxylation is 1. The third kappa shape index (κ3) is 4.27. The van der Waals surface area contributed by atoms with Crippen LogP contribution in [0.4, 0.5) is 5.69 Å². The molecule has 0 aliphatic rings. The van der Waals surface area contributed by atoms with E-state index in [0.29, 0.717) is 12.1 Å². The molecule has 0 N–H and O–H groups in total. The maximum atomic E-state index is 13.2. The third-order valence-electron chi connectivity index (χ3n) is 3.53. The van der Waals surface area contributed by atoms with Crippen molar-refractivity contribution in [3.05, 3.63) is 82.5 Å². The van der Waals surface area contributed by atoms with Crippen LogP contribution in [0.5, 0.6) is 0 Å². The van der Waals surface area contributed by atoms with E-state index in [1.165, 1.54) is 4.31 Å². The molecule has 5 heteroatoms. The predicted molar refractivity (Wildman–Crippen MR) is 109 cm³/mol. The summed E-state index contributed by atoms with van der Waals surface area (Å²) in [6.07, 6.45) is 2.30. The molecule has 0 amide bonds. The van der Waals surface area contributed by atoms with E-state index in [0.717, 1.165) is 14.7 Å². The monoisotopic (exact) mass is 453 g/mol. The lowest BCUT2D eigenvalue weighted by molar-refractivity contribution is 0.592. The molecule has 0 fully saturated rings. The molecule has 0 saturated heterocycles. The van der Waals surface area contributed by atoms with Gasteiger partial charge in [-0.15, -0.1) is 6.58 Å². The summed E-state index contributed by atoms with van der Waals surface area (Å²) in [7, 11) is -3.67. The fourth-order valence-electron chi connectivity index (χ4n) is 2.26. The summed E-state index contributed by atoms with van der Waals surface area (Å²) in [5.74, 6) is 0. The number of benzene rings is 2. The molecule has 0 aromatic heterocycles. The van der Waals surface area contributed by atoms with E-state index in [4.69, 9.17) is 0 Å². The number of rotatable bonds is 7. The van der Waals surface area contributed by atoms with Crippen LogP contribution in [-0.2, 0) is 10.0 Å². The molecule has 0 saturated carbocycles. The highest BCUT2D eigenvalue weighted by atomic mass is 127. The minimum atomic E-state index is -3.67. The SMILES string of the molecule is C=CCC(=C)CN(c1ccccc1I)S(=O)(=O)c1ccc(C)cc1. The van der Waals surface area contributed by atoms with Gasteiger partial charge in [0.1, 0.15) is 0 Å². The normalized spacial score (nSPS) is 11.1. The number of nitrogens with zero attached hydrogens (tertiary/aromatic N) is 1. The number of anilines is 1. The van der Waals surface area contributed by atoms with E-state index >= 15 is 0 Å². The smallest absolute Gasteiger partial charge is 0.261 e. The van der Waals surface area contributed by atoms with Crippen LogP contribution >= 0.6 is 22.6 Å². The van der Waals surface area contributed by atoms with Crippen LogP contribution in [0.15, 0.2) is 78.2 Å². The van der Waals surface area contributed by atoms with Crippen LogP contribution in [0, 0.1) is 10.5 Å². The summed E-state index contributed by atoms with van der Waals surface area (Å²) < 4.78 is 28.7. The first-order chi connectivity index (χ1) is 11.4. The Morgan fingerprint density at radius 3 is 2.38 bits per heavy atom. The summed E-state index contributed by atoms with van der Waals surface area (Å²) in [4.78, 5) is 0.277. The second kappa shape index (κ2) is 7.98. The van der Waals surface area contributed by atoms with Crippen molar-refractivity contribution in [1.29, 1.82) is 0 Å². The van der Waals surface area contributed by atoms with Crippen LogP contribution in [0.3, 0.4) is 0 Å². The van der Waals surface area contributed by atoms with Gasteiger partial charge in [0.05, 0.1) is 17.1 Å². The Morgan fingerprint density at radius 1 is 1.17 bits per heavy atom. The molecular formula is C19H20INO2S. The quantitative estimate of drug-likeness (QED) is 0.441. The minimum Gasteiger partial charge on any atom is -0.261 e. The molecule has 0 bridgehead atoms. The molecule has 0 atom stereocenters. The number of sulfonamides is 1. The second-order valence-corrected chi connectivity index (χ2v) is 8.54. The first kappa shape index (κ1) is 18.7. The van der Waals surface area contributed by atoms with Gasteiger partial charge < -0.3 is 0 Å². The average molecular weight is 453 g/mol. The van der Waals surface area contributed by atoms with Crippen molar-refractivity contribution in [3.63, 3.8) is 0 Å². The zero-order valence-electron chi connectivity index (χ0n) is 13.6. The van der Waals surface area contributed by atoms with Gasteiger partial charge in [0.15, 0.2) is 0 Å². The lowest BCUT2D eigenvalue weighted by atomic mass is 10.2. The van der Waals surface area contributed by atoms with Gasteiger partial charge >= 0.3 is 0 Å². The molecule has 0 aliphatic heterocycles. The topological polar surface area (TPSA) is 37.4 Å². The Hall–Kier alpha value is -1.60. The molecule has 0 heterocycles. The van der Waals surface area contributed by atoms with Crippen molar-refractivity contribution in [2.75, 3.05) is 10.8 Å². The summed E-state index contributed by atoms with van der Waals surface area (Å²) in [6, 6.07) is 14.3. The zero-order valence-corrected chi connectivity index (χ0v) is 16.5. The van der Waals surface area contributed by atoms with Crippen molar-refractivity contribution >= 4 is 38.3 Å². The number of hydrogen-bond acceptors (Lipinski definition) is 2. The van der Waals surface area contributed by atoms with Gasteiger partial charge in [-0.2, -0.15) is 0 Å². The van der Waals surface area contributed by atoms with Gasteiger partial charge in [0.2, 0.25) is 0 Å². The average Bonchev–Trinajstić information content (AvgIpc) is 2.54. The molecule has 0 aliphatic carbocycles. The largest absolute Gasteiger partial charge is 0.264 e. The maximum Gasteiger partial charge on any atom is 0.264 e. The molecule has 24 heavy (non-hydrogen) atoms. The minimum absolute atomic E-state index is 0.224. The highest BCUT2D eigenvalue weighted by Crippen LogP contribution is 2.29. The highest BCUT2D eigenvalue weighted by Gasteiger charge is 2.26. The van der Waals surface area contributed by atoms with Gasteiger partial charge in [-0.3, -0.25) is 4.31 Å². The first-order valence-corrected chi connectivity index (χ1v) is 9.99. The number of hydrogen-bond donors (Lipinski definition) is 0.